The Labute approximate surface area is 82.7 Å². The van der Waals surface area contributed by atoms with Crippen molar-refractivity contribution in [3.8, 4) is 0 Å². The minimum atomic E-state index is 0.909. The second kappa shape index (κ2) is 5.61. The van der Waals surface area contributed by atoms with Gasteiger partial charge in [0.1, 0.15) is 0 Å². The van der Waals surface area contributed by atoms with E-state index in [9.17, 15) is 0 Å². The monoisotopic (exact) mass is 184 g/mol. The van der Waals surface area contributed by atoms with Crippen LogP contribution in [0.3, 0.4) is 0 Å². The van der Waals surface area contributed by atoms with E-state index in [2.05, 4.69) is 31.1 Å². The maximum Gasteiger partial charge on any atom is 0.0104 e. The third kappa shape index (κ3) is 4.63. The van der Waals surface area contributed by atoms with Crippen LogP contribution in [0.4, 0.5) is 0 Å². The van der Waals surface area contributed by atoms with E-state index in [1.165, 1.54) is 25.9 Å². The molecule has 1 saturated carbocycles. The first-order valence-electron chi connectivity index (χ1n) is 5.63. The van der Waals surface area contributed by atoms with Gasteiger partial charge in [-0.2, -0.15) is 0 Å². The molecule has 1 atom stereocenters. The van der Waals surface area contributed by atoms with E-state index in [4.69, 9.17) is 0 Å². The van der Waals surface area contributed by atoms with Gasteiger partial charge in [-0.25, -0.2) is 0 Å². The normalized spacial score (nSPS) is 19.4. The van der Waals surface area contributed by atoms with Crippen LogP contribution in [0.15, 0.2) is 0 Å². The van der Waals surface area contributed by atoms with Crippen molar-refractivity contribution < 1.29 is 0 Å². The van der Waals surface area contributed by atoms with Crippen LogP contribution in [0.5, 0.6) is 0 Å². The van der Waals surface area contributed by atoms with E-state index in [1.54, 1.807) is 0 Å². The molecule has 1 unspecified atom stereocenters. The first-order chi connectivity index (χ1) is 6.24. The van der Waals surface area contributed by atoms with Crippen molar-refractivity contribution in [2.45, 2.75) is 26.7 Å². The van der Waals surface area contributed by atoms with Gasteiger partial charge in [0.15, 0.2) is 0 Å². The highest BCUT2D eigenvalue weighted by Gasteiger charge is 2.28. The number of rotatable bonds is 7. The molecule has 13 heavy (non-hydrogen) atoms. The van der Waals surface area contributed by atoms with Gasteiger partial charge in [0, 0.05) is 19.6 Å². The van der Waals surface area contributed by atoms with Gasteiger partial charge in [-0.3, -0.25) is 0 Å². The third-order valence-corrected chi connectivity index (χ3v) is 2.95. The Hall–Kier alpha value is -0.0800. The molecule has 0 radical (unpaired) electrons. The quantitative estimate of drug-likeness (QED) is 0.604. The lowest BCUT2D eigenvalue weighted by atomic mass is 10.1. The molecule has 0 heterocycles. The predicted molar refractivity (Wildman–Crippen MR) is 57.9 cm³/mol. The van der Waals surface area contributed by atoms with E-state index in [1.807, 2.05) is 0 Å². The van der Waals surface area contributed by atoms with Crippen molar-refractivity contribution in [1.29, 1.82) is 0 Å². The highest BCUT2D eigenvalue weighted by atomic mass is 15.1. The molecule has 1 aliphatic carbocycles. The average molecular weight is 184 g/mol. The predicted octanol–water partition coefficient (Wildman–Crippen LogP) is 1.57. The first-order valence-corrected chi connectivity index (χ1v) is 5.63. The summed E-state index contributed by atoms with van der Waals surface area (Å²) in [7, 11) is 2.23. The molecule has 1 fully saturated rings. The van der Waals surface area contributed by atoms with Gasteiger partial charge < -0.3 is 10.2 Å². The van der Waals surface area contributed by atoms with Crippen molar-refractivity contribution in [2.75, 3.05) is 33.2 Å². The van der Waals surface area contributed by atoms with Crippen molar-refractivity contribution in [1.82, 2.24) is 10.2 Å². The lowest BCUT2D eigenvalue weighted by molar-refractivity contribution is 0.271. The fraction of sp³-hybridized carbons (Fsp3) is 1.00. The lowest BCUT2D eigenvalue weighted by Crippen LogP contribution is -2.32. The number of nitrogens with one attached hydrogen (secondary N) is 1. The molecule has 1 rings (SSSR count). The molecule has 0 aromatic heterocycles. The number of hydrogen-bond acceptors (Lipinski definition) is 2. The summed E-state index contributed by atoms with van der Waals surface area (Å²) in [6.45, 7) is 9.23. The Morgan fingerprint density at radius 2 is 2.15 bits per heavy atom. The Kier molecular flexibility index (Phi) is 4.74. The first kappa shape index (κ1) is 11.0. The van der Waals surface area contributed by atoms with Crippen molar-refractivity contribution >= 4 is 0 Å². The summed E-state index contributed by atoms with van der Waals surface area (Å²) in [4.78, 5) is 2.45. The molecule has 2 nitrogen and oxygen atoms in total. The van der Waals surface area contributed by atoms with Gasteiger partial charge >= 0.3 is 0 Å². The zero-order valence-corrected chi connectivity index (χ0v) is 9.34. The molecular formula is C11H24N2. The zero-order chi connectivity index (χ0) is 9.68. The standard InChI is InChI=1S/C11H24N2/c1-4-12-7-8-13(3)9-10(2)11-5-6-11/h10-12H,4-9H2,1-3H3. The molecule has 0 aromatic carbocycles. The van der Waals surface area contributed by atoms with Gasteiger partial charge in [0.05, 0.1) is 0 Å². The van der Waals surface area contributed by atoms with E-state index < -0.39 is 0 Å². The summed E-state index contributed by atoms with van der Waals surface area (Å²) in [5.41, 5.74) is 0. The molecule has 1 aliphatic rings. The SMILES string of the molecule is CCNCCN(C)CC(C)C1CC1. The van der Waals surface area contributed by atoms with Crippen molar-refractivity contribution in [3.63, 3.8) is 0 Å². The van der Waals surface area contributed by atoms with E-state index in [-0.39, 0.29) is 0 Å². The summed E-state index contributed by atoms with van der Waals surface area (Å²) in [6, 6.07) is 0. The van der Waals surface area contributed by atoms with E-state index in [0.717, 1.165) is 24.9 Å². The Balaban J connectivity index is 1.98. The number of nitrogens with zero attached hydrogens (tertiary/aromatic N) is 1. The summed E-state index contributed by atoms with van der Waals surface area (Å²) < 4.78 is 0. The molecule has 0 amide bonds. The number of likely N-dealkylation sites (N-methyl/N-ethyl adjacent to an activating group) is 2. The summed E-state index contributed by atoms with van der Waals surface area (Å²) in [5.74, 6) is 1.95. The van der Waals surface area contributed by atoms with Gasteiger partial charge in [-0.15, -0.1) is 0 Å². The van der Waals surface area contributed by atoms with Crippen LogP contribution >= 0.6 is 0 Å². The van der Waals surface area contributed by atoms with E-state index >= 15 is 0 Å². The minimum absolute atomic E-state index is 0.909. The Bertz CT molecular complexity index is 132. The zero-order valence-electron chi connectivity index (χ0n) is 9.34. The van der Waals surface area contributed by atoms with Crippen molar-refractivity contribution in [2.24, 2.45) is 11.8 Å². The van der Waals surface area contributed by atoms with Crippen molar-refractivity contribution in [3.05, 3.63) is 0 Å². The van der Waals surface area contributed by atoms with Crippen LogP contribution < -0.4 is 5.32 Å². The fourth-order valence-corrected chi connectivity index (χ4v) is 1.84. The Morgan fingerprint density at radius 3 is 2.69 bits per heavy atom. The fourth-order valence-electron chi connectivity index (χ4n) is 1.84. The Morgan fingerprint density at radius 1 is 1.46 bits per heavy atom. The topological polar surface area (TPSA) is 15.3 Å². The molecule has 0 saturated heterocycles. The summed E-state index contributed by atoms with van der Waals surface area (Å²) in [6.07, 6.45) is 2.95. The van der Waals surface area contributed by atoms with Crippen LogP contribution in [0, 0.1) is 11.8 Å². The smallest absolute Gasteiger partial charge is 0.0104 e. The van der Waals surface area contributed by atoms with Crippen LogP contribution in [-0.4, -0.2) is 38.1 Å². The molecule has 78 valence electrons. The maximum atomic E-state index is 3.36. The second-order valence-electron chi connectivity index (χ2n) is 4.43. The van der Waals surface area contributed by atoms with Gasteiger partial charge in [-0.05, 0) is 38.3 Å². The lowest BCUT2D eigenvalue weighted by Gasteiger charge is -2.21. The van der Waals surface area contributed by atoms with Gasteiger partial charge in [0.25, 0.3) is 0 Å². The second-order valence-corrected chi connectivity index (χ2v) is 4.43. The molecule has 0 bridgehead atoms. The third-order valence-electron chi connectivity index (χ3n) is 2.95. The largest absolute Gasteiger partial charge is 0.316 e. The van der Waals surface area contributed by atoms with E-state index in [0.29, 0.717) is 0 Å². The summed E-state index contributed by atoms with van der Waals surface area (Å²) >= 11 is 0. The molecule has 0 aliphatic heterocycles. The number of hydrogen-bond donors (Lipinski definition) is 1. The minimum Gasteiger partial charge on any atom is -0.316 e. The van der Waals surface area contributed by atoms with Crippen LogP contribution in [0.2, 0.25) is 0 Å². The van der Waals surface area contributed by atoms with Crippen LogP contribution in [0.25, 0.3) is 0 Å². The highest BCUT2D eigenvalue weighted by molar-refractivity contribution is 4.80. The van der Waals surface area contributed by atoms with Crippen LogP contribution in [-0.2, 0) is 0 Å². The molecule has 2 heteroatoms. The maximum absolute atomic E-state index is 3.36. The van der Waals surface area contributed by atoms with Gasteiger partial charge in [-0.1, -0.05) is 13.8 Å². The molecular weight excluding hydrogens is 160 g/mol. The molecule has 1 N–H and O–H groups in total. The molecule has 0 aromatic rings. The van der Waals surface area contributed by atoms with Gasteiger partial charge in [0.2, 0.25) is 0 Å². The van der Waals surface area contributed by atoms with Crippen LogP contribution in [0.1, 0.15) is 26.7 Å². The highest BCUT2D eigenvalue weighted by Crippen LogP contribution is 2.36. The summed E-state index contributed by atoms with van der Waals surface area (Å²) in [5, 5.41) is 3.36. The molecule has 0 spiro atoms. The average Bonchev–Trinajstić information content (AvgIpc) is 2.86.